The van der Waals surface area contributed by atoms with E-state index in [9.17, 15) is 0 Å². The zero-order chi connectivity index (χ0) is 28.6. The van der Waals surface area contributed by atoms with Gasteiger partial charge in [-0.3, -0.25) is 0 Å². The summed E-state index contributed by atoms with van der Waals surface area (Å²) in [4.78, 5) is 0. The molecular weight excluding hydrogens is 506 g/mol. The first-order chi connectivity index (χ1) is 20.1. The van der Waals surface area contributed by atoms with Crippen molar-refractivity contribution in [3.05, 3.63) is 76.4 Å². The standard InChI is InChI=1S/C39H54F2/c1-3-5-6-7-8-9-29-12-14-30(15-13-29)34-22-25-37(39(41)26-34)33-20-18-31(19-21-33)35-23-24-36(38(40)27-35)32-16-10-28(4-2)11-17-32/h16,22-31,33H,3-15,17-21H2,1-2H3. The molecule has 41 heavy (non-hydrogen) atoms. The van der Waals surface area contributed by atoms with Gasteiger partial charge in [-0.05, 0) is 135 Å². The van der Waals surface area contributed by atoms with Crippen LogP contribution < -0.4 is 0 Å². The number of halogens is 2. The van der Waals surface area contributed by atoms with Gasteiger partial charge in [0.05, 0.1) is 0 Å². The maximum atomic E-state index is 15.4. The largest absolute Gasteiger partial charge is 0.207 e. The molecule has 0 aromatic heterocycles. The molecule has 2 aromatic carbocycles. The van der Waals surface area contributed by atoms with Gasteiger partial charge < -0.3 is 0 Å². The highest BCUT2D eigenvalue weighted by Crippen LogP contribution is 2.44. The van der Waals surface area contributed by atoms with Crippen molar-refractivity contribution in [1.29, 1.82) is 0 Å². The molecule has 0 heterocycles. The molecule has 0 amide bonds. The Hall–Kier alpha value is -1.96. The van der Waals surface area contributed by atoms with E-state index in [2.05, 4.69) is 38.1 Å². The summed E-state index contributed by atoms with van der Waals surface area (Å²) in [7, 11) is 0. The van der Waals surface area contributed by atoms with Crippen molar-refractivity contribution in [2.45, 2.75) is 147 Å². The molecule has 2 heteroatoms. The topological polar surface area (TPSA) is 0 Å². The zero-order valence-corrected chi connectivity index (χ0v) is 25.9. The number of rotatable bonds is 11. The van der Waals surface area contributed by atoms with E-state index in [1.807, 2.05) is 12.1 Å². The highest BCUT2D eigenvalue weighted by atomic mass is 19.1. The molecule has 2 fully saturated rings. The van der Waals surface area contributed by atoms with Gasteiger partial charge in [0.1, 0.15) is 11.6 Å². The number of benzene rings is 2. The lowest BCUT2D eigenvalue weighted by Crippen LogP contribution is -2.15. The molecule has 224 valence electrons. The third-order valence-electron chi connectivity index (χ3n) is 11.1. The van der Waals surface area contributed by atoms with Gasteiger partial charge in [0.25, 0.3) is 0 Å². The Morgan fingerprint density at radius 3 is 1.88 bits per heavy atom. The van der Waals surface area contributed by atoms with Crippen molar-refractivity contribution in [3.8, 4) is 0 Å². The van der Waals surface area contributed by atoms with Crippen molar-refractivity contribution in [3.63, 3.8) is 0 Å². The summed E-state index contributed by atoms with van der Waals surface area (Å²) in [6.45, 7) is 4.53. The molecule has 0 aliphatic heterocycles. The molecule has 1 atom stereocenters. The van der Waals surface area contributed by atoms with Crippen LogP contribution in [0.25, 0.3) is 5.57 Å². The minimum absolute atomic E-state index is 0.00506. The first-order valence-electron chi connectivity index (χ1n) is 17.3. The van der Waals surface area contributed by atoms with Crippen LogP contribution in [0.4, 0.5) is 8.78 Å². The summed E-state index contributed by atoms with van der Waals surface area (Å²) in [6, 6.07) is 12.2. The monoisotopic (exact) mass is 560 g/mol. The van der Waals surface area contributed by atoms with E-state index in [-0.39, 0.29) is 17.6 Å². The average molecular weight is 561 g/mol. The second-order valence-corrected chi connectivity index (χ2v) is 13.8. The van der Waals surface area contributed by atoms with Gasteiger partial charge in [0, 0.05) is 5.56 Å². The highest BCUT2D eigenvalue weighted by Gasteiger charge is 2.28. The Bertz CT molecular complexity index is 1130. The SMILES string of the molecule is CCCCCCCC1CCC(c2ccc(C3CCC(c4ccc(C5=CCC(CC)CC5)c(F)c4)CC3)c(F)c2)CC1. The molecule has 2 aromatic rings. The minimum Gasteiger partial charge on any atom is -0.207 e. The van der Waals surface area contributed by atoms with E-state index < -0.39 is 0 Å². The summed E-state index contributed by atoms with van der Waals surface area (Å²) in [5.41, 5.74) is 5.24. The molecule has 1 unspecified atom stereocenters. The van der Waals surface area contributed by atoms with Crippen LogP contribution in [0, 0.1) is 23.5 Å². The van der Waals surface area contributed by atoms with Gasteiger partial charge in [0.2, 0.25) is 0 Å². The van der Waals surface area contributed by atoms with Crippen LogP contribution in [-0.4, -0.2) is 0 Å². The fourth-order valence-electron chi connectivity index (χ4n) is 8.24. The molecule has 3 aliphatic rings. The number of hydrogen-bond acceptors (Lipinski definition) is 0. The van der Waals surface area contributed by atoms with Gasteiger partial charge >= 0.3 is 0 Å². The Morgan fingerprint density at radius 1 is 0.634 bits per heavy atom. The van der Waals surface area contributed by atoms with Crippen molar-refractivity contribution in [2.75, 3.05) is 0 Å². The number of hydrogen-bond donors (Lipinski definition) is 0. The Balaban J connectivity index is 1.11. The minimum atomic E-state index is -0.0616. The van der Waals surface area contributed by atoms with Gasteiger partial charge in [0.15, 0.2) is 0 Å². The molecule has 0 bridgehead atoms. The van der Waals surface area contributed by atoms with Crippen LogP contribution in [0.15, 0.2) is 42.5 Å². The molecule has 0 spiro atoms. The highest BCUT2D eigenvalue weighted by molar-refractivity contribution is 5.67. The Kier molecular flexibility index (Phi) is 11.1. The average Bonchev–Trinajstić information content (AvgIpc) is 3.01. The van der Waals surface area contributed by atoms with Gasteiger partial charge in [-0.2, -0.15) is 0 Å². The van der Waals surface area contributed by atoms with Gasteiger partial charge in [-0.25, -0.2) is 8.78 Å². The first kappa shape index (κ1) is 30.5. The van der Waals surface area contributed by atoms with Crippen LogP contribution in [0.1, 0.15) is 169 Å². The van der Waals surface area contributed by atoms with Crippen LogP contribution >= 0.6 is 0 Å². The zero-order valence-electron chi connectivity index (χ0n) is 25.9. The van der Waals surface area contributed by atoms with Crippen molar-refractivity contribution < 1.29 is 8.78 Å². The normalized spacial score (nSPS) is 27.0. The van der Waals surface area contributed by atoms with Crippen molar-refractivity contribution in [2.24, 2.45) is 11.8 Å². The Morgan fingerprint density at radius 2 is 1.27 bits per heavy atom. The molecule has 0 saturated heterocycles. The van der Waals surface area contributed by atoms with Crippen LogP contribution in [-0.2, 0) is 0 Å². The molecule has 0 nitrogen and oxygen atoms in total. The molecule has 5 rings (SSSR count). The fourth-order valence-corrected chi connectivity index (χ4v) is 8.24. The number of unbranched alkanes of at least 4 members (excludes halogenated alkanes) is 4. The van der Waals surface area contributed by atoms with E-state index in [1.54, 1.807) is 6.07 Å². The molecule has 0 N–H and O–H groups in total. The molecule has 0 radical (unpaired) electrons. The number of allylic oxidation sites excluding steroid dienone is 2. The van der Waals surface area contributed by atoms with Gasteiger partial charge in [-0.15, -0.1) is 0 Å². The Labute approximate surface area is 249 Å². The first-order valence-corrected chi connectivity index (χ1v) is 17.3. The van der Waals surface area contributed by atoms with E-state index in [1.165, 1.54) is 88.2 Å². The summed E-state index contributed by atoms with van der Waals surface area (Å²) in [5, 5.41) is 0. The summed E-state index contributed by atoms with van der Waals surface area (Å²) < 4.78 is 30.6. The maximum absolute atomic E-state index is 15.4. The lowest BCUT2D eigenvalue weighted by atomic mass is 9.74. The second-order valence-electron chi connectivity index (χ2n) is 13.8. The molecular formula is C39H54F2. The van der Waals surface area contributed by atoms with Crippen LogP contribution in [0.2, 0.25) is 0 Å². The van der Waals surface area contributed by atoms with E-state index in [0.717, 1.165) is 67.1 Å². The van der Waals surface area contributed by atoms with Crippen molar-refractivity contribution >= 4 is 5.57 Å². The lowest BCUT2D eigenvalue weighted by molar-refractivity contribution is 0.301. The lowest BCUT2D eigenvalue weighted by Gasteiger charge is -2.31. The van der Waals surface area contributed by atoms with Gasteiger partial charge in [-0.1, -0.05) is 89.1 Å². The summed E-state index contributed by atoms with van der Waals surface area (Å²) in [6.07, 6.45) is 24.0. The molecule has 3 aliphatic carbocycles. The van der Waals surface area contributed by atoms with Crippen molar-refractivity contribution in [1.82, 2.24) is 0 Å². The van der Waals surface area contributed by atoms with E-state index in [4.69, 9.17) is 0 Å². The third-order valence-corrected chi connectivity index (χ3v) is 11.1. The quantitative estimate of drug-likeness (QED) is 0.240. The summed E-state index contributed by atoms with van der Waals surface area (Å²) in [5.74, 6) is 2.78. The van der Waals surface area contributed by atoms with E-state index >= 15 is 8.78 Å². The fraction of sp³-hybridized carbons (Fsp3) is 0.641. The van der Waals surface area contributed by atoms with E-state index in [0.29, 0.717) is 11.8 Å². The predicted octanol–water partition coefficient (Wildman–Crippen LogP) is 12.6. The van der Waals surface area contributed by atoms with Crippen LogP contribution in [0.3, 0.4) is 0 Å². The predicted molar refractivity (Wildman–Crippen MR) is 170 cm³/mol. The maximum Gasteiger partial charge on any atom is 0.130 e. The van der Waals surface area contributed by atoms with Crippen LogP contribution in [0.5, 0.6) is 0 Å². The second kappa shape index (κ2) is 15.0. The summed E-state index contributed by atoms with van der Waals surface area (Å²) >= 11 is 0. The third kappa shape index (κ3) is 7.91. The smallest absolute Gasteiger partial charge is 0.130 e. The molecule has 2 saturated carbocycles.